The first-order valence-corrected chi connectivity index (χ1v) is 5.60. The third-order valence-electron chi connectivity index (χ3n) is 2.03. The normalized spacial score (nSPS) is 10.3. The number of carbonyl (C=O) groups excluding carboxylic acids is 2. The van der Waals surface area contributed by atoms with Crippen LogP contribution in [0.4, 0.5) is 0 Å². The molecule has 4 nitrogen and oxygen atoms in total. The molecule has 0 atom stereocenters. The van der Waals surface area contributed by atoms with Crippen LogP contribution in [0.25, 0.3) is 0 Å². The lowest BCUT2D eigenvalue weighted by Crippen LogP contribution is -2.29. The summed E-state index contributed by atoms with van der Waals surface area (Å²) in [7, 11) is 0. The molecule has 0 bridgehead atoms. The van der Waals surface area contributed by atoms with E-state index >= 15 is 0 Å². The maximum atomic E-state index is 11.2. The second-order valence-electron chi connectivity index (χ2n) is 4.10. The van der Waals surface area contributed by atoms with Gasteiger partial charge in [-0.1, -0.05) is 12.8 Å². The van der Waals surface area contributed by atoms with E-state index in [1.165, 1.54) is 0 Å². The Morgan fingerprint density at radius 1 is 1.07 bits per heavy atom. The molecule has 0 aromatic carbocycles. The van der Waals surface area contributed by atoms with E-state index in [2.05, 4.69) is 5.32 Å². The summed E-state index contributed by atoms with van der Waals surface area (Å²) in [6.07, 6.45) is 4.71. The van der Waals surface area contributed by atoms with Crippen molar-refractivity contribution >= 4 is 11.8 Å². The van der Waals surface area contributed by atoms with E-state index in [9.17, 15) is 9.59 Å². The minimum atomic E-state index is -0.243. The molecule has 0 unspecified atom stereocenters. The first-order valence-electron chi connectivity index (χ1n) is 5.60. The number of unbranched alkanes of at least 4 members (excludes halogenated alkanes) is 3. The molecule has 0 aliphatic rings. The van der Waals surface area contributed by atoms with Crippen LogP contribution in [0.1, 0.15) is 52.4 Å². The molecular formula is C11H22N2O2. The summed E-state index contributed by atoms with van der Waals surface area (Å²) in [5.41, 5.74) is 5.01. The zero-order chi connectivity index (χ0) is 11.7. The highest BCUT2D eigenvalue weighted by Crippen LogP contribution is 2.05. The molecule has 0 aromatic rings. The van der Waals surface area contributed by atoms with Gasteiger partial charge in [-0.15, -0.1) is 0 Å². The first-order chi connectivity index (χ1) is 7.02. The summed E-state index contributed by atoms with van der Waals surface area (Å²) >= 11 is 0. The molecule has 0 saturated carbocycles. The number of nitrogens with one attached hydrogen (secondary N) is 1. The highest BCUT2D eigenvalue weighted by Gasteiger charge is 2.02. The van der Waals surface area contributed by atoms with E-state index in [1.54, 1.807) is 0 Å². The van der Waals surface area contributed by atoms with Gasteiger partial charge in [0.2, 0.25) is 11.8 Å². The Labute approximate surface area is 91.6 Å². The molecule has 0 heterocycles. The molecular weight excluding hydrogens is 192 g/mol. The topological polar surface area (TPSA) is 72.2 Å². The van der Waals surface area contributed by atoms with E-state index < -0.39 is 0 Å². The van der Waals surface area contributed by atoms with Gasteiger partial charge in [0.1, 0.15) is 0 Å². The molecule has 0 spiro atoms. The van der Waals surface area contributed by atoms with Crippen LogP contribution in [-0.2, 0) is 9.59 Å². The zero-order valence-corrected chi connectivity index (χ0v) is 9.71. The van der Waals surface area contributed by atoms with Gasteiger partial charge in [0.05, 0.1) is 0 Å². The van der Waals surface area contributed by atoms with Gasteiger partial charge < -0.3 is 11.1 Å². The average Bonchev–Trinajstić information content (AvgIpc) is 2.09. The van der Waals surface area contributed by atoms with Crippen molar-refractivity contribution in [3.63, 3.8) is 0 Å². The minimum absolute atomic E-state index is 0.111. The Morgan fingerprint density at radius 3 is 2.07 bits per heavy atom. The molecule has 4 heteroatoms. The lowest BCUT2D eigenvalue weighted by Gasteiger charge is -2.07. The number of carbonyl (C=O) groups is 2. The zero-order valence-electron chi connectivity index (χ0n) is 9.71. The SMILES string of the molecule is CC(C)NC(=O)CCCCCCC(N)=O. The fourth-order valence-corrected chi connectivity index (χ4v) is 1.33. The number of amides is 2. The Balaban J connectivity index is 3.24. The van der Waals surface area contributed by atoms with Crippen LogP contribution in [0.15, 0.2) is 0 Å². The van der Waals surface area contributed by atoms with E-state index in [-0.39, 0.29) is 17.9 Å². The van der Waals surface area contributed by atoms with Crippen molar-refractivity contribution in [3.8, 4) is 0 Å². The van der Waals surface area contributed by atoms with Gasteiger partial charge in [-0.25, -0.2) is 0 Å². The standard InChI is InChI=1S/C11H22N2O2/c1-9(2)13-11(15)8-6-4-3-5-7-10(12)14/h9H,3-8H2,1-2H3,(H2,12,14)(H,13,15). The third kappa shape index (κ3) is 10.9. The quantitative estimate of drug-likeness (QED) is 0.598. The van der Waals surface area contributed by atoms with Crippen molar-refractivity contribution in [2.24, 2.45) is 5.73 Å². The van der Waals surface area contributed by atoms with Crippen molar-refractivity contribution in [1.82, 2.24) is 5.32 Å². The average molecular weight is 214 g/mol. The van der Waals surface area contributed by atoms with Crippen molar-refractivity contribution in [1.29, 1.82) is 0 Å². The monoisotopic (exact) mass is 214 g/mol. The lowest BCUT2D eigenvalue weighted by molar-refractivity contribution is -0.122. The molecule has 0 aliphatic heterocycles. The summed E-state index contributed by atoms with van der Waals surface area (Å²) in [5, 5.41) is 2.84. The van der Waals surface area contributed by atoms with Crippen molar-refractivity contribution < 1.29 is 9.59 Å². The number of hydrogen-bond acceptors (Lipinski definition) is 2. The second kappa shape index (κ2) is 8.26. The summed E-state index contributed by atoms with van der Waals surface area (Å²) < 4.78 is 0. The first kappa shape index (κ1) is 13.9. The van der Waals surface area contributed by atoms with Crippen LogP contribution in [-0.4, -0.2) is 17.9 Å². The molecule has 88 valence electrons. The van der Waals surface area contributed by atoms with Crippen molar-refractivity contribution in [2.45, 2.75) is 58.4 Å². The van der Waals surface area contributed by atoms with E-state index in [0.717, 1.165) is 25.7 Å². The van der Waals surface area contributed by atoms with Gasteiger partial charge in [0.25, 0.3) is 0 Å². The largest absolute Gasteiger partial charge is 0.370 e. The second-order valence-corrected chi connectivity index (χ2v) is 4.10. The number of hydrogen-bond donors (Lipinski definition) is 2. The summed E-state index contributed by atoms with van der Waals surface area (Å²) in [4.78, 5) is 21.6. The molecule has 15 heavy (non-hydrogen) atoms. The van der Waals surface area contributed by atoms with Gasteiger partial charge in [-0.05, 0) is 26.7 Å². The van der Waals surface area contributed by atoms with E-state index in [4.69, 9.17) is 5.73 Å². The van der Waals surface area contributed by atoms with Gasteiger partial charge in [0.15, 0.2) is 0 Å². The minimum Gasteiger partial charge on any atom is -0.370 e. The highest BCUT2D eigenvalue weighted by molar-refractivity contribution is 5.76. The Bertz CT molecular complexity index is 203. The predicted octanol–water partition coefficient (Wildman–Crippen LogP) is 1.34. The summed E-state index contributed by atoms with van der Waals surface area (Å²) in [5.74, 6) is -0.132. The Hall–Kier alpha value is -1.06. The summed E-state index contributed by atoms with van der Waals surface area (Å²) in [6.45, 7) is 3.90. The number of rotatable bonds is 8. The van der Waals surface area contributed by atoms with Crippen LogP contribution in [0, 0.1) is 0 Å². The number of primary amides is 1. The van der Waals surface area contributed by atoms with Gasteiger partial charge in [0, 0.05) is 18.9 Å². The van der Waals surface area contributed by atoms with E-state index in [1.807, 2.05) is 13.8 Å². The fraction of sp³-hybridized carbons (Fsp3) is 0.818. The van der Waals surface area contributed by atoms with Crippen LogP contribution in [0.5, 0.6) is 0 Å². The van der Waals surface area contributed by atoms with Gasteiger partial charge in [-0.2, -0.15) is 0 Å². The highest BCUT2D eigenvalue weighted by atomic mass is 16.1. The Morgan fingerprint density at radius 2 is 1.60 bits per heavy atom. The molecule has 0 radical (unpaired) electrons. The predicted molar refractivity (Wildman–Crippen MR) is 60.2 cm³/mol. The van der Waals surface area contributed by atoms with Crippen LogP contribution >= 0.6 is 0 Å². The maximum absolute atomic E-state index is 11.2. The molecule has 0 aliphatic carbocycles. The molecule has 3 N–H and O–H groups in total. The molecule has 0 fully saturated rings. The van der Waals surface area contributed by atoms with Crippen LogP contribution in [0.3, 0.4) is 0 Å². The third-order valence-corrected chi connectivity index (χ3v) is 2.03. The van der Waals surface area contributed by atoms with Gasteiger partial charge >= 0.3 is 0 Å². The fourth-order valence-electron chi connectivity index (χ4n) is 1.33. The van der Waals surface area contributed by atoms with Crippen molar-refractivity contribution in [2.75, 3.05) is 0 Å². The molecule has 0 aromatic heterocycles. The molecule has 0 saturated heterocycles. The number of nitrogens with two attached hydrogens (primary N) is 1. The van der Waals surface area contributed by atoms with Crippen LogP contribution in [0.2, 0.25) is 0 Å². The van der Waals surface area contributed by atoms with Gasteiger partial charge in [-0.3, -0.25) is 9.59 Å². The smallest absolute Gasteiger partial charge is 0.220 e. The van der Waals surface area contributed by atoms with Crippen LogP contribution < -0.4 is 11.1 Å². The summed E-state index contributed by atoms with van der Waals surface area (Å²) in [6, 6.07) is 0.215. The molecule has 2 amide bonds. The molecule has 0 rings (SSSR count). The van der Waals surface area contributed by atoms with E-state index in [0.29, 0.717) is 12.8 Å². The lowest BCUT2D eigenvalue weighted by atomic mass is 10.1. The van der Waals surface area contributed by atoms with Crippen molar-refractivity contribution in [3.05, 3.63) is 0 Å². The Kier molecular flexibility index (Phi) is 7.68. The maximum Gasteiger partial charge on any atom is 0.220 e.